The average Bonchev–Trinajstić information content (AvgIpc) is 3.48. The van der Waals surface area contributed by atoms with Gasteiger partial charge in [-0.25, -0.2) is 9.07 Å². The molecule has 1 heterocycles. The van der Waals surface area contributed by atoms with Gasteiger partial charge in [0, 0.05) is 12.6 Å². The van der Waals surface area contributed by atoms with Gasteiger partial charge < -0.3 is 10.2 Å². The number of fused-ring (bicyclic) bond motifs is 1. The number of benzene rings is 2. The number of aromatic nitrogens is 3. The number of hydrogen-bond donors (Lipinski definition) is 1. The second kappa shape index (κ2) is 10.8. The highest BCUT2D eigenvalue weighted by Crippen LogP contribution is 2.32. The summed E-state index contributed by atoms with van der Waals surface area (Å²) in [6.07, 6.45) is 4.52. The number of rotatable bonds is 9. The maximum atomic E-state index is 13.8. The highest BCUT2D eigenvalue weighted by Gasteiger charge is 2.37. The first kappa shape index (κ1) is 23.9. The zero-order chi connectivity index (χ0) is 24.1. The lowest BCUT2D eigenvalue weighted by atomic mass is 10.0. The molecule has 0 spiro atoms. The van der Waals surface area contributed by atoms with E-state index in [1.165, 1.54) is 12.1 Å². The van der Waals surface area contributed by atoms with Crippen molar-refractivity contribution in [2.24, 2.45) is 5.92 Å². The molecule has 0 radical (unpaired) electrons. The Bertz CT molecular complexity index is 1120. The molecule has 0 aliphatic heterocycles. The summed E-state index contributed by atoms with van der Waals surface area (Å²) < 4.78 is 15.3. The van der Waals surface area contributed by atoms with Gasteiger partial charge in [-0.2, -0.15) is 0 Å². The van der Waals surface area contributed by atoms with Crippen LogP contribution in [0, 0.1) is 11.7 Å². The maximum absolute atomic E-state index is 13.8. The molecule has 2 amide bonds. The van der Waals surface area contributed by atoms with Crippen molar-refractivity contribution < 1.29 is 14.0 Å². The fourth-order valence-corrected chi connectivity index (χ4v) is 4.65. The Morgan fingerprint density at radius 2 is 1.82 bits per heavy atom. The molecule has 3 aromatic rings. The summed E-state index contributed by atoms with van der Waals surface area (Å²) >= 11 is 0. The molecular formula is C26H32FN5O2. The van der Waals surface area contributed by atoms with E-state index in [-0.39, 0.29) is 30.2 Å². The fraction of sp³-hybridized carbons (Fsp3) is 0.462. The van der Waals surface area contributed by atoms with Crippen LogP contribution >= 0.6 is 0 Å². The van der Waals surface area contributed by atoms with Gasteiger partial charge in [0.2, 0.25) is 11.8 Å². The van der Waals surface area contributed by atoms with E-state index in [1.807, 2.05) is 24.3 Å². The van der Waals surface area contributed by atoms with Gasteiger partial charge >= 0.3 is 0 Å². The molecule has 1 aliphatic rings. The normalized spacial score (nSPS) is 15.1. The molecule has 0 saturated heterocycles. The zero-order valence-electron chi connectivity index (χ0n) is 19.8. The van der Waals surface area contributed by atoms with Gasteiger partial charge in [0.1, 0.15) is 23.9 Å². The van der Waals surface area contributed by atoms with E-state index in [0.717, 1.165) is 37.6 Å². The number of carbonyl (C=O) groups is 2. The van der Waals surface area contributed by atoms with Crippen molar-refractivity contribution in [1.29, 1.82) is 0 Å². The number of para-hydroxylation sites is 1. The van der Waals surface area contributed by atoms with Gasteiger partial charge in [0.25, 0.3) is 0 Å². The first-order chi connectivity index (χ1) is 16.4. The molecule has 1 aromatic heterocycles. The molecule has 34 heavy (non-hydrogen) atoms. The number of hydrogen-bond acceptors (Lipinski definition) is 4. The summed E-state index contributed by atoms with van der Waals surface area (Å²) in [7, 11) is 0. The van der Waals surface area contributed by atoms with Gasteiger partial charge in [-0.05, 0) is 55.0 Å². The second-order valence-corrected chi connectivity index (χ2v) is 9.40. The van der Waals surface area contributed by atoms with Crippen LogP contribution in [0.2, 0.25) is 0 Å². The van der Waals surface area contributed by atoms with E-state index in [1.54, 1.807) is 21.7 Å². The number of halogens is 1. The van der Waals surface area contributed by atoms with Crippen molar-refractivity contribution in [3.63, 3.8) is 0 Å². The Labute approximate surface area is 199 Å². The highest BCUT2D eigenvalue weighted by atomic mass is 19.1. The Morgan fingerprint density at radius 1 is 1.12 bits per heavy atom. The molecule has 1 saturated carbocycles. The second-order valence-electron chi connectivity index (χ2n) is 9.40. The summed E-state index contributed by atoms with van der Waals surface area (Å²) in [5, 5.41) is 11.3. The molecular weight excluding hydrogens is 433 g/mol. The smallest absolute Gasteiger partial charge is 0.247 e. The van der Waals surface area contributed by atoms with Crippen molar-refractivity contribution in [1.82, 2.24) is 25.2 Å². The van der Waals surface area contributed by atoms with Crippen LogP contribution in [0.4, 0.5) is 4.39 Å². The Hall–Kier alpha value is -3.29. The molecule has 1 N–H and O–H groups in total. The SMILES string of the molecule is CC(C)CCNC(=O)[C@@H](c1ccc(F)cc1)N(C(=O)Cn1nnc2ccccc21)C1CCCC1. The van der Waals surface area contributed by atoms with Gasteiger partial charge in [-0.1, -0.05) is 56.2 Å². The monoisotopic (exact) mass is 465 g/mol. The van der Waals surface area contributed by atoms with Crippen LogP contribution in [0.15, 0.2) is 48.5 Å². The Morgan fingerprint density at radius 3 is 2.53 bits per heavy atom. The standard InChI is InChI=1S/C26H32FN5O2/c1-18(2)15-16-28-26(34)25(19-11-13-20(27)14-12-19)32(21-7-3-4-8-21)24(33)17-31-23-10-6-5-9-22(23)29-30-31/h5-6,9-14,18,21,25H,3-4,7-8,15-17H2,1-2H3,(H,28,34)/t25-/m1/s1. The van der Waals surface area contributed by atoms with Crippen molar-refractivity contribution in [2.45, 2.75) is 64.6 Å². The Balaban J connectivity index is 1.67. The molecule has 1 atom stereocenters. The van der Waals surface area contributed by atoms with Crippen molar-refractivity contribution in [3.05, 3.63) is 59.9 Å². The minimum Gasteiger partial charge on any atom is -0.354 e. The first-order valence-corrected chi connectivity index (χ1v) is 12.1. The number of carbonyl (C=O) groups excluding carboxylic acids is 2. The van der Waals surface area contributed by atoms with E-state index in [9.17, 15) is 14.0 Å². The van der Waals surface area contributed by atoms with Gasteiger partial charge in [0.15, 0.2) is 0 Å². The maximum Gasteiger partial charge on any atom is 0.247 e. The molecule has 7 nitrogen and oxygen atoms in total. The minimum absolute atomic E-state index is 0.0199. The van der Waals surface area contributed by atoms with Crippen LogP contribution in [0.1, 0.15) is 57.6 Å². The predicted octanol–water partition coefficient (Wildman–Crippen LogP) is 4.25. The number of nitrogens with zero attached hydrogens (tertiary/aromatic N) is 4. The number of amides is 2. The zero-order valence-corrected chi connectivity index (χ0v) is 19.8. The molecule has 4 rings (SSSR count). The van der Waals surface area contributed by atoms with E-state index >= 15 is 0 Å². The lowest BCUT2D eigenvalue weighted by Crippen LogP contribution is -2.49. The van der Waals surface area contributed by atoms with Crippen LogP contribution in [0.3, 0.4) is 0 Å². The molecule has 8 heteroatoms. The van der Waals surface area contributed by atoms with Crippen LogP contribution in [-0.2, 0) is 16.1 Å². The third-order valence-corrected chi connectivity index (χ3v) is 6.44. The van der Waals surface area contributed by atoms with Crippen LogP contribution in [0.25, 0.3) is 11.0 Å². The largest absolute Gasteiger partial charge is 0.354 e. The highest BCUT2D eigenvalue weighted by molar-refractivity contribution is 5.89. The van der Waals surface area contributed by atoms with E-state index in [2.05, 4.69) is 29.5 Å². The minimum atomic E-state index is -0.835. The van der Waals surface area contributed by atoms with E-state index < -0.39 is 6.04 Å². The summed E-state index contributed by atoms with van der Waals surface area (Å²) in [6, 6.07) is 12.5. The average molecular weight is 466 g/mol. The van der Waals surface area contributed by atoms with Crippen LogP contribution in [-0.4, -0.2) is 44.3 Å². The predicted molar refractivity (Wildman–Crippen MR) is 128 cm³/mol. The van der Waals surface area contributed by atoms with Crippen LogP contribution in [0.5, 0.6) is 0 Å². The van der Waals surface area contributed by atoms with Gasteiger partial charge in [0.05, 0.1) is 5.52 Å². The summed E-state index contributed by atoms with van der Waals surface area (Å²) in [4.78, 5) is 29.0. The van der Waals surface area contributed by atoms with Crippen molar-refractivity contribution in [2.75, 3.05) is 6.54 Å². The molecule has 1 fully saturated rings. The Kier molecular flexibility index (Phi) is 7.55. The topological polar surface area (TPSA) is 80.1 Å². The molecule has 180 valence electrons. The summed E-state index contributed by atoms with van der Waals surface area (Å²) in [5.41, 5.74) is 2.08. The quantitative estimate of drug-likeness (QED) is 0.513. The van der Waals surface area contributed by atoms with Gasteiger partial charge in [-0.3, -0.25) is 9.59 Å². The van der Waals surface area contributed by atoms with E-state index in [0.29, 0.717) is 23.5 Å². The summed E-state index contributed by atoms with van der Waals surface area (Å²) in [5.74, 6) is -0.375. The molecule has 2 aromatic carbocycles. The summed E-state index contributed by atoms with van der Waals surface area (Å²) in [6.45, 7) is 4.70. The number of nitrogens with one attached hydrogen (secondary N) is 1. The lowest BCUT2D eigenvalue weighted by molar-refractivity contribution is -0.144. The van der Waals surface area contributed by atoms with Crippen molar-refractivity contribution in [3.8, 4) is 0 Å². The first-order valence-electron chi connectivity index (χ1n) is 12.1. The third kappa shape index (κ3) is 5.43. The third-order valence-electron chi connectivity index (χ3n) is 6.44. The van der Waals surface area contributed by atoms with Crippen molar-refractivity contribution >= 4 is 22.8 Å². The molecule has 0 bridgehead atoms. The van der Waals surface area contributed by atoms with Gasteiger partial charge in [-0.15, -0.1) is 5.10 Å². The van der Waals surface area contributed by atoms with E-state index in [4.69, 9.17) is 0 Å². The molecule has 0 unspecified atom stereocenters. The molecule has 1 aliphatic carbocycles. The lowest BCUT2D eigenvalue weighted by Gasteiger charge is -2.36. The van der Waals surface area contributed by atoms with Crippen LogP contribution < -0.4 is 5.32 Å². The fourth-order valence-electron chi connectivity index (χ4n) is 4.65.